The van der Waals surface area contributed by atoms with Crippen molar-refractivity contribution in [1.82, 2.24) is 25.2 Å². The Hall–Kier alpha value is -3.11. The van der Waals surface area contributed by atoms with Crippen molar-refractivity contribution < 1.29 is 22.8 Å². The zero-order valence-electron chi connectivity index (χ0n) is 14.1. The molecular formula is C16H17F3N6O2. The third kappa shape index (κ3) is 4.36. The number of hydrogen-bond donors (Lipinski definition) is 3. The molecule has 1 unspecified atom stereocenters. The first-order valence-corrected chi connectivity index (χ1v) is 8.14. The van der Waals surface area contributed by atoms with Crippen LogP contribution in [-0.4, -0.2) is 63.5 Å². The number of nitrogens with one attached hydrogen (secondary N) is 3. The molecule has 0 radical (unpaired) electrons. The fourth-order valence-electron chi connectivity index (χ4n) is 2.83. The van der Waals surface area contributed by atoms with Crippen LogP contribution in [0.4, 0.5) is 19.0 Å². The molecule has 0 bridgehead atoms. The number of halogens is 3. The van der Waals surface area contributed by atoms with Gasteiger partial charge in [0.1, 0.15) is 17.9 Å². The van der Waals surface area contributed by atoms with E-state index in [4.69, 9.17) is 0 Å². The number of hydrogen-bond acceptors (Lipinski definition) is 5. The summed E-state index contributed by atoms with van der Waals surface area (Å²) in [5.41, 5.74) is 0.421. The van der Waals surface area contributed by atoms with Gasteiger partial charge in [0.25, 0.3) is 5.91 Å². The topological polar surface area (TPSA) is 103 Å². The quantitative estimate of drug-likeness (QED) is 0.680. The van der Waals surface area contributed by atoms with Crippen LogP contribution < -0.4 is 10.6 Å². The first-order valence-electron chi connectivity index (χ1n) is 8.14. The second-order valence-corrected chi connectivity index (χ2v) is 6.07. The van der Waals surface area contributed by atoms with E-state index in [1.807, 2.05) is 5.32 Å². The Kier molecular flexibility index (Phi) is 5.02. The lowest BCUT2D eigenvalue weighted by molar-refractivity contribution is -0.125. The normalized spacial score (nSPS) is 17.1. The van der Waals surface area contributed by atoms with Crippen LogP contribution in [0.5, 0.6) is 0 Å². The number of H-pyrrole nitrogens is 1. The number of anilines is 1. The fraction of sp³-hybridized carbons (Fsp3) is 0.375. The number of aromatic nitrogens is 3. The number of amides is 2. The van der Waals surface area contributed by atoms with Crippen LogP contribution in [-0.2, 0) is 4.79 Å². The fourth-order valence-corrected chi connectivity index (χ4v) is 2.83. The molecule has 2 aromatic heterocycles. The Labute approximate surface area is 151 Å². The van der Waals surface area contributed by atoms with Gasteiger partial charge in [-0.2, -0.15) is 13.2 Å². The second-order valence-electron chi connectivity index (χ2n) is 6.07. The van der Waals surface area contributed by atoms with Gasteiger partial charge in [-0.1, -0.05) is 6.58 Å². The van der Waals surface area contributed by atoms with E-state index < -0.39 is 18.6 Å². The summed E-state index contributed by atoms with van der Waals surface area (Å²) in [6, 6.07) is -0.0536. The molecule has 0 aromatic carbocycles. The van der Waals surface area contributed by atoms with Gasteiger partial charge in [0.05, 0.1) is 11.8 Å². The smallest absolute Gasteiger partial charge is 0.364 e. The third-order valence-electron chi connectivity index (χ3n) is 4.10. The minimum absolute atomic E-state index is 0.0275. The van der Waals surface area contributed by atoms with Gasteiger partial charge in [-0.25, -0.2) is 9.97 Å². The molecule has 2 aromatic rings. The molecule has 144 valence electrons. The van der Waals surface area contributed by atoms with Crippen molar-refractivity contribution >= 4 is 28.8 Å². The maximum absolute atomic E-state index is 12.3. The molecule has 1 atom stereocenters. The van der Waals surface area contributed by atoms with Crippen molar-refractivity contribution in [3.8, 4) is 0 Å². The van der Waals surface area contributed by atoms with Crippen molar-refractivity contribution in [3.05, 3.63) is 30.6 Å². The molecule has 3 N–H and O–H groups in total. The van der Waals surface area contributed by atoms with E-state index in [-0.39, 0.29) is 28.7 Å². The molecule has 27 heavy (non-hydrogen) atoms. The number of nitrogens with zero attached hydrogens (tertiary/aromatic N) is 3. The molecular weight excluding hydrogens is 365 g/mol. The molecule has 3 heterocycles. The van der Waals surface area contributed by atoms with E-state index in [2.05, 4.69) is 26.8 Å². The molecule has 3 rings (SSSR count). The second kappa shape index (κ2) is 7.25. The molecule has 1 aliphatic rings. The monoisotopic (exact) mass is 382 g/mol. The van der Waals surface area contributed by atoms with Gasteiger partial charge in [-0.15, -0.1) is 0 Å². The maximum Gasteiger partial charge on any atom is 0.405 e. The zero-order valence-corrected chi connectivity index (χ0v) is 14.1. The predicted molar refractivity (Wildman–Crippen MR) is 91.1 cm³/mol. The average molecular weight is 382 g/mol. The van der Waals surface area contributed by atoms with Crippen LogP contribution >= 0.6 is 0 Å². The van der Waals surface area contributed by atoms with Crippen LogP contribution in [0.25, 0.3) is 11.2 Å². The van der Waals surface area contributed by atoms with Crippen LogP contribution in [0.2, 0.25) is 0 Å². The molecule has 2 amide bonds. The number of likely N-dealkylation sites (tertiary alicyclic amines) is 1. The Morgan fingerprint density at radius 2 is 2.22 bits per heavy atom. The molecule has 1 fully saturated rings. The summed E-state index contributed by atoms with van der Waals surface area (Å²) in [7, 11) is 0. The Morgan fingerprint density at radius 1 is 1.44 bits per heavy atom. The zero-order chi connectivity index (χ0) is 19.6. The molecule has 11 heteroatoms. The minimum atomic E-state index is -4.50. The highest BCUT2D eigenvalue weighted by atomic mass is 19.4. The van der Waals surface area contributed by atoms with E-state index in [1.165, 1.54) is 18.5 Å². The lowest BCUT2D eigenvalue weighted by atomic mass is 10.2. The summed E-state index contributed by atoms with van der Waals surface area (Å²) in [4.78, 5) is 36.4. The summed E-state index contributed by atoms with van der Waals surface area (Å²) in [6.45, 7) is 3.07. The highest BCUT2D eigenvalue weighted by Crippen LogP contribution is 2.20. The summed E-state index contributed by atoms with van der Waals surface area (Å²) in [5, 5.41) is 4.94. The average Bonchev–Trinajstić information content (AvgIpc) is 3.25. The van der Waals surface area contributed by atoms with Crippen molar-refractivity contribution in [2.75, 3.05) is 25.0 Å². The number of carbonyl (C=O) groups is 2. The van der Waals surface area contributed by atoms with Crippen LogP contribution in [0.15, 0.2) is 25.0 Å². The summed E-state index contributed by atoms with van der Waals surface area (Å²) in [6.07, 6.45) is 0.164. The first-order chi connectivity index (χ1) is 12.8. The SMILES string of the molecule is C=CC(=O)N1CCC(Nc2cnc3[nH]cc(C(=O)NCC(F)(F)F)c3n2)C1. The largest absolute Gasteiger partial charge is 0.405 e. The number of carbonyl (C=O) groups excluding carboxylic acids is 2. The Bertz CT molecular complexity index is 879. The molecule has 1 saturated heterocycles. The van der Waals surface area contributed by atoms with Crippen molar-refractivity contribution in [1.29, 1.82) is 0 Å². The molecule has 0 spiro atoms. The Balaban J connectivity index is 1.72. The van der Waals surface area contributed by atoms with E-state index in [9.17, 15) is 22.8 Å². The summed E-state index contributed by atoms with van der Waals surface area (Å²) >= 11 is 0. The third-order valence-corrected chi connectivity index (χ3v) is 4.10. The first kappa shape index (κ1) is 18.7. The number of alkyl halides is 3. The number of fused-ring (bicyclic) bond motifs is 1. The van der Waals surface area contributed by atoms with Gasteiger partial charge in [-0.3, -0.25) is 9.59 Å². The molecule has 1 aliphatic heterocycles. The van der Waals surface area contributed by atoms with E-state index in [0.29, 0.717) is 25.3 Å². The van der Waals surface area contributed by atoms with Gasteiger partial charge in [-0.05, 0) is 12.5 Å². The maximum atomic E-state index is 12.3. The van der Waals surface area contributed by atoms with Gasteiger partial charge >= 0.3 is 6.18 Å². The lowest BCUT2D eigenvalue weighted by Crippen LogP contribution is -2.33. The van der Waals surface area contributed by atoms with Gasteiger partial charge in [0, 0.05) is 25.3 Å². The van der Waals surface area contributed by atoms with Crippen molar-refractivity contribution in [2.24, 2.45) is 0 Å². The van der Waals surface area contributed by atoms with Crippen molar-refractivity contribution in [2.45, 2.75) is 18.6 Å². The van der Waals surface area contributed by atoms with Crippen LogP contribution in [0, 0.1) is 0 Å². The minimum Gasteiger partial charge on any atom is -0.364 e. The number of aromatic amines is 1. The van der Waals surface area contributed by atoms with E-state index in [0.717, 1.165) is 0 Å². The molecule has 0 saturated carbocycles. The lowest BCUT2D eigenvalue weighted by Gasteiger charge is -2.15. The molecule has 0 aliphatic carbocycles. The van der Waals surface area contributed by atoms with Gasteiger partial charge in [0.15, 0.2) is 5.65 Å². The van der Waals surface area contributed by atoms with Crippen LogP contribution in [0.3, 0.4) is 0 Å². The highest BCUT2D eigenvalue weighted by Gasteiger charge is 2.29. The summed E-state index contributed by atoms with van der Waals surface area (Å²) in [5.74, 6) is -0.686. The van der Waals surface area contributed by atoms with E-state index in [1.54, 1.807) is 4.90 Å². The Morgan fingerprint density at radius 3 is 2.93 bits per heavy atom. The van der Waals surface area contributed by atoms with Crippen molar-refractivity contribution in [3.63, 3.8) is 0 Å². The van der Waals surface area contributed by atoms with Gasteiger partial charge in [0.2, 0.25) is 5.91 Å². The predicted octanol–water partition coefficient (Wildman–Crippen LogP) is 1.45. The molecule has 8 nitrogen and oxygen atoms in total. The summed E-state index contributed by atoms with van der Waals surface area (Å²) < 4.78 is 36.8. The van der Waals surface area contributed by atoms with E-state index >= 15 is 0 Å². The highest BCUT2D eigenvalue weighted by molar-refractivity contribution is 6.04. The number of rotatable bonds is 5. The van der Waals surface area contributed by atoms with Crippen LogP contribution in [0.1, 0.15) is 16.8 Å². The standard InChI is InChI=1S/C16H17F3N6O2/c1-2-12(26)25-4-3-9(7-25)23-11-6-21-14-13(24-11)10(5-20-14)15(27)22-8-16(17,18)19/h2,5-6,9H,1,3-4,7-8H2,(H,20,21)(H,22,27)(H,23,24). The van der Waals surface area contributed by atoms with Gasteiger partial charge < -0.3 is 20.5 Å².